The number of hydrogen-bond acceptors (Lipinski definition) is 4. The molecule has 0 spiro atoms. The van der Waals surface area contributed by atoms with Crippen LogP contribution in [0.4, 0.5) is 0 Å². The Bertz CT molecular complexity index is 733. The van der Waals surface area contributed by atoms with Crippen molar-refractivity contribution in [2.75, 3.05) is 6.61 Å². The molecule has 0 fully saturated rings. The van der Waals surface area contributed by atoms with Gasteiger partial charge in [0.25, 0.3) is 5.91 Å². The second kappa shape index (κ2) is 8.52. The van der Waals surface area contributed by atoms with Crippen LogP contribution in [0.15, 0.2) is 54.6 Å². The molecule has 1 N–H and O–H groups in total. The van der Waals surface area contributed by atoms with Crippen LogP contribution in [0.5, 0.6) is 5.75 Å². The fraction of sp³-hybridized carbons (Fsp3) is 0.333. The van der Waals surface area contributed by atoms with Gasteiger partial charge in [0.15, 0.2) is 0 Å². The monoisotopic (exact) mass is 355 g/mol. The smallest absolute Gasteiger partial charge is 0.338 e. The van der Waals surface area contributed by atoms with Crippen molar-refractivity contribution in [1.82, 2.24) is 5.32 Å². The number of carbonyl (C=O) groups is 2. The molecular weight excluding hydrogens is 330 g/mol. The Morgan fingerprint density at radius 1 is 1.00 bits per heavy atom. The third kappa shape index (κ3) is 6.24. The standard InChI is InChI=1S/C21H25NO4/c1-15-10-12-16(13-11-15)20(24)25-14-18(19(23)22-21(2,3)4)26-17-8-6-5-7-9-17/h5-13,18H,14H2,1-4H3,(H,22,23). The maximum Gasteiger partial charge on any atom is 0.338 e. The van der Waals surface area contributed by atoms with Crippen LogP contribution in [0.2, 0.25) is 0 Å². The summed E-state index contributed by atoms with van der Waals surface area (Å²) in [7, 11) is 0. The summed E-state index contributed by atoms with van der Waals surface area (Å²) in [6.45, 7) is 7.40. The molecule has 5 nitrogen and oxygen atoms in total. The van der Waals surface area contributed by atoms with E-state index in [1.165, 1.54) is 0 Å². The van der Waals surface area contributed by atoms with Crippen molar-refractivity contribution in [3.05, 3.63) is 65.7 Å². The first-order valence-electron chi connectivity index (χ1n) is 8.52. The molecule has 0 radical (unpaired) electrons. The van der Waals surface area contributed by atoms with E-state index in [4.69, 9.17) is 9.47 Å². The van der Waals surface area contributed by atoms with Gasteiger partial charge < -0.3 is 14.8 Å². The molecule has 0 saturated heterocycles. The molecule has 0 heterocycles. The molecule has 0 aliphatic heterocycles. The number of amides is 1. The minimum atomic E-state index is -0.939. The van der Waals surface area contributed by atoms with E-state index in [9.17, 15) is 9.59 Å². The van der Waals surface area contributed by atoms with E-state index in [1.54, 1.807) is 24.3 Å². The van der Waals surface area contributed by atoms with Gasteiger partial charge in [-0.05, 0) is 52.0 Å². The summed E-state index contributed by atoms with van der Waals surface area (Å²) in [5.74, 6) is -0.291. The van der Waals surface area contributed by atoms with E-state index < -0.39 is 17.6 Å². The highest BCUT2D eigenvalue weighted by molar-refractivity contribution is 5.90. The summed E-state index contributed by atoms with van der Waals surface area (Å²) in [6, 6.07) is 16.0. The summed E-state index contributed by atoms with van der Waals surface area (Å²) in [5, 5.41) is 2.86. The Morgan fingerprint density at radius 2 is 1.62 bits per heavy atom. The summed E-state index contributed by atoms with van der Waals surface area (Å²) in [5.41, 5.74) is 1.07. The molecule has 1 amide bonds. The second-order valence-electron chi connectivity index (χ2n) is 7.12. The normalized spacial score (nSPS) is 12.2. The average molecular weight is 355 g/mol. The van der Waals surface area contributed by atoms with E-state index in [0.717, 1.165) is 5.56 Å². The molecule has 2 aromatic carbocycles. The molecule has 0 aliphatic rings. The van der Waals surface area contributed by atoms with Gasteiger partial charge in [-0.1, -0.05) is 35.9 Å². The van der Waals surface area contributed by atoms with Crippen molar-refractivity contribution in [1.29, 1.82) is 0 Å². The van der Waals surface area contributed by atoms with Crippen molar-refractivity contribution in [2.45, 2.75) is 39.3 Å². The van der Waals surface area contributed by atoms with Crippen LogP contribution < -0.4 is 10.1 Å². The Hall–Kier alpha value is -2.82. The zero-order chi connectivity index (χ0) is 19.2. The van der Waals surface area contributed by atoms with Crippen LogP contribution in [-0.2, 0) is 9.53 Å². The Labute approximate surface area is 154 Å². The van der Waals surface area contributed by atoms with Crippen LogP contribution in [0, 0.1) is 6.92 Å². The lowest BCUT2D eigenvalue weighted by atomic mass is 10.1. The third-order valence-corrected chi connectivity index (χ3v) is 3.47. The SMILES string of the molecule is Cc1ccc(C(=O)OCC(Oc2ccccc2)C(=O)NC(C)(C)C)cc1. The van der Waals surface area contributed by atoms with Crippen LogP contribution in [0.1, 0.15) is 36.7 Å². The van der Waals surface area contributed by atoms with Gasteiger partial charge in [0, 0.05) is 5.54 Å². The van der Waals surface area contributed by atoms with E-state index >= 15 is 0 Å². The first kappa shape index (κ1) is 19.5. The van der Waals surface area contributed by atoms with E-state index in [1.807, 2.05) is 58.0 Å². The number of esters is 1. The molecule has 0 aliphatic carbocycles. The molecular formula is C21H25NO4. The topological polar surface area (TPSA) is 64.6 Å². The van der Waals surface area contributed by atoms with Crippen LogP contribution in [0.25, 0.3) is 0 Å². The number of rotatable bonds is 6. The lowest BCUT2D eigenvalue weighted by molar-refractivity contribution is -0.131. The number of nitrogens with one attached hydrogen (secondary N) is 1. The minimum absolute atomic E-state index is 0.177. The lowest BCUT2D eigenvalue weighted by Gasteiger charge is -2.25. The number of hydrogen-bond donors (Lipinski definition) is 1. The Balaban J connectivity index is 2.06. The van der Waals surface area contributed by atoms with Crippen molar-refractivity contribution in [3.63, 3.8) is 0 Å². The fourth-order valence-corrected chi connectivity index (χ4v) is 2.20. The highest BCUT2D eigenvalue weighted by atomic mass is 16.6. The van der Waals surface area contributed by atoms with Crippen molar-refractivity contribution >= 4 is 11.9 Å². The van der Waals surface area contributed by atoms with Crippen LogP contribution in [-0.4, -0.2) is 30.1 Å². The van der Waals surface area contributed by atoms with Gasteiger partial charge in [-0.3, -0.25) is 4.79 Å². The van der Waals surface area contributed by atoms with E-state index in [2.05, 4.69) is 5.32 Å². The number of carbonyl (C=O) groups excluding carboxylic acids is 2. The molecule has 0 aromatic heterocycles. The fourth-order valence-electron chi connectivity index (χ4n) is 2.20. The van der Waals surface area contributed by atoms with Gasteiger partial charge in [0.05, 0.1) is 5.56 Å². The predicted molar refractivity (Wildman–Crippen MR) is 100 cm³/mol. The number of ether oxygens (including phenoxy) is 2. The van der Waals surface area contributed by atoms with Gasteiger partial charge >= 0.3 is 5.97 Å². The molecule has 138 valence electrons. The number of aryl methyl sites for hydroxylation is 1. The molecule has 26 heavy (non-hydrogen) atoms. The molecule has 0 saturated carbocycles. The second-order valence-corrected chi connectivity index (χ2v) is 7.12. The molecule has 1 unspecified atom stereocenters. The van der Waals surface area contributed by atoms with Crippen molar-refractivity contribution < 1.29 is 19.1 Å². The average Bonchev–Trinajstić information content (AvgIpc) is 2.58. The minimum Gasteiger partial charge on any atom is -0.477 e. The molecule has 1 atom stereocenters. The zero-order valence-corrected chi connectivity index (χ0v) is 15.6. The van der Waals surface area contributed by atoms with Crippen molar-refractivity contribution in [2.24, 2.45) is 0 Å². The maximum atomic E-state index is 12.5. The maximum absolute atomic E-state index is 12.5. The van der Waals surface area contributed by atoms with E-state index in [-0.39, 0.29) is 12.5 Å². The molecule has 2 rings (SSSR count). The quantitative estimate of drug-likeness (QED) is 0.806. The zero-order valence-electron chi connectivity index (χ0n) is 15.6. The first-order chi connectivity index (χ1) is 12.2. The molecule has 2 aromatic rings. The number of para-hydroxylation sites is 1. The van der Waals surface area contributed by atoms with Crippen LogP contribution >= 0.6 is 0 Å². The Kier molecular flexibility index (Phi) is 6.39. The Morgan fingerprint density at radius 3 is 2.19 bits per heavy atom. The first-order valence-corrected chi connectivity index (χ1v) is 8.52. The van der Waals surface area contributed by atoms with Crippen molar-refractivity contribution in [3.8, 4) is 5.75 Å². The van der Waals surface area contributed by atoms with Gasteiger partial charge in [-0.2, -0.15) is 0 Å². The summed E-state index contributed by atoms with van der Waals surface area (Å²) < 4.78 is 11.1. The highest BCUT2D eigenvalue weighted by Crippen LogP contribution is 2.13. The summed E-state index contributed by atoms with van der Waals surface area (Å²) in [4.78, 5) is 24.7. The molecule has 5 heteroatoms. The van der Waals surface area contributed by atoms with Gasteiger partial charge in [-0.15, -0.1) is 0 Å². The summed E-state index contributed by atoms with van der Waals surface area (Å²) in [6.07, 6.45) is -0.939. The van der Waals surface area contributed by atoms with Gasteiger partial charge in [-0.25, -0.2) is 4.79 Å². The highest BCUT2D eigenvalue weighted by Gasteiger charge is 2.26. The number of benzene rings is 2. The van der Waals surface area contributed by atoms with Gasteiger partial charge in [0.1, 0.15) is 12.4 Å². The van der Waals surface area contributed by atoms with Gasteiger partial charge in [0.2, 0.25) is 6.10 Å². The lowest BCUT2D eigenvalue weighted by Crippen LogP contribution is -2.49. The third-order valence-electron chi connectivity index (χ3n) is 3.47. The van der Waals surface area contributed by atoms with Crippen LogP contribution in [0.3, 0.4) is 0 Å². The van der Waals surface area contributed by atoms with E-state index in [0.29, 0.717) is 11.3 Å². The largest absolute Gasteiger partial charge is 0.477 e. The summed E-state index contributed by atoms with van der Waals surface area (Å²) >= 11 is 0. The predicted octanol–water partition coefficient (Wildman–Crippen LogP) is 3.51. The molecule has 0 bridgehead atoms.